The lowest BCUT2D eigenvalue weighted by Crippen LogP contribution is -2.50. The van der Waals surface area contributed by atoms with Gasteiger partial charge in [-0.15, -0.1) is 0 Å². The number of hydrogen-bond donors (Lipinski definition) is 2. The van der Waals surface area contributed by atoms with Gasteiger partial charge in [-0.05, 0) is 49.3 Å². The van der Waals surface area contributed by atoms with E-state index in [1.54, 1.807) is 6.07 Å². The summed E-state index contributed by atoms with van der Waals surface area (Å²) in [5, 5.41) is 3.97. The normalized spacial score (nSPS) is 25.0. The summed E-state index contributed by atoms with van der Waals surface area (Å²) >= 11 is 12.1. The molecule has 1 aliphatic carbocycles. The minimum atomic E-state index is -0.0504. The summed E-state index contributed by atoms with van der Waals surface area (Å²) in [5.41, 5.74) is 6.48. The predicted octanol–water partition coefficient (Wildman–Crippen LogP) is 2.94. The first-order valence-electron chi connectivity index (χ1n) is 9.23. The van der Waals surface area contributed by atoms with E-state index in [9.17, 15) is 9.59 Å². The Morgan fingerprint density at radius 2 is 2.04 bits per heavy atom. The molecule has 26 heavy (non-hydrogen) atoms. The number of hydrogen-bond acceptors (Lipinski definition) is 3. The number of nitrogens with one attached hydrogen (secondary N) is 1. The predicted molar refractivity (Wildman–Crippen MR) is 103 cm³/mol. The van der Waals surface area contributed by atoms with Gasteiger partial charge in [0.15, 0.2) is 0 Å². The van der Waals surface area contributed by atoms with Gasteiger partial charge in [-0.25, -0.2) is 0 Å². The molecule has 0 aromatic heterocycles. The van der Waals surface area contributed by atoms with E-state index in [2.05, 4.69) is 5.32 Å². The van der Waals surface area contributed by atoms with Crippen LogP contribution in [0.15, 0.2) is 18.2 Å². The van der Waals surface area contributed by atoms with Crippen LogP contribution in [0.25, 0.3) is 0 Å². The Balaban J connectivity index is 1.60. The molecule has 2 fully saturated rings. The largest absolute Gasteiger partial charge is 0.354 e. The molecular formula is C19H25Cl2N3O2. The molecule has 2 aliphatic rings. The summed E-state index contributed by atoms with van der Waals surface area (Å²) in [6.07, 6.45) is 4.20. The molecule has 3 atom stereocenters. The summed E-state index contributed by atoms with van der Waals surface area (Å²) in [4.78, 5) is 26.7. The zero-order valence-electron chi connectivity index (χ0n) is 14.7. The third-order valence-electron chi connectivity index (χ3n) is 5.30. The van der Waals surface area contributed by atoms with Crippen molar-refractivity contribution in [2.24, 2.45) is 11.7 Å². The van der Waals surface area contributed by atoms with E-state index in [1.807, 2.05) is 17.0 Å². The standard InChI is InChI=1S/C19H25Cl2N3O2/c20-16-5-4-12(9-17(16)21)14-10-15(14)19(26)24-8-2-1-3-13(24)11-23-18(25)6-7-22/h4-5,9,13-15H,1-3,6-8,10-11,22H2,(H,23,25). The first kappa shape index (κ1) is 19.5. The summed E-state index contributed by atoms with van der Waals surface area (Å²) in [6, 6.07) is 5.68. The molecule has 1 aromatic rings. The SMILES string of the molecule is NCCC(=O)NCC1CCCCN1C(=O)C1CC1c1ccc(Cl)c(Cl)c1. The lowest BCUT2D eigenvalue weighted by Gasteiger charge is -2.36. The molecule has 1 aliphatic heterocycles. The summed E-state index contributed by atoms with van der Waals surface area (Å²) in [5.74, 6) is 0.365. The van der Waals surface area contributed by atoms with Crippen molar-refractivity contribution >= 4 is 35.0 Å². The monoisotopic (exact) mass is 397 g/mol. The summed E-state index contributed by atoms with van der Waals surface area (Å²) in [7, 11) is 0. The third-order valence-corrected chi connectivity index (χ3v) is 6.03. The maximum Gasteiger partial charge on any atom is 0.226 e. The average molecular weight is 398 g/mol. The molecule has 1 aromatic carbocycles. The van der Waals surface area contributed by atoms with Crippen LogP contribution in [0.3, 0.4) is 0 Å². The smallest absolute Gasteiger partial charge is 0.226 e. The van der Waals surface area contributed by atoms with E-state index in [0.717, 1.165) is 37.8 Å². The van der Waals surface area contributed by atoms with Gasteiger partial charge in [-0.2, -0.15) is 0 Å². The Kier molecular flexibility index (Phi) is 6.43. The Bertz CT molecular complexity index is 683. The molecule has 0 spiro atoms. The van der Waals surface area contributed by atoms with E-state index < -0.39 is 0 Å². The third kappa shape index (κ3) is 4.51. The van der Waals surface area contributed by atoms with Gasteiger partial charge >= 0.3 is 0 Å². The van der Waals surface area contributed by atoms with Gasteiger partial charge in [-0.3, -0.25) is 9.59 Å². The molecule has 3 N–H and O–H groups in total. The van der Waals surface area contributed by atoms with Gasteiger partial charge in [0.05, 0.1) is 10.0 Å². The van der Waals surface area contributed by atoms with E-state index in [0.29, 0.717) is 29.6 Å². The van der Waals surface area contributed by atoms with Crippen LogP contribution in [0.4, 0.5) is 0 Å². The number of nitrogens with zero attached hydrogens (tertiary/aromatic N) is 1. The Labute approximate surface area is 164 Å². The van der Waals surface area contributed by atoms with Gasteiger partial charge in [0.2, 0.25) is 11.8 Å². The highest BCUT2D eigenvalue weighted by molar-refractivity contribution is 6.42. The molecular weight excluding hydrogens is 373 g/mol. The first-order valence-corrected chi connectivity index (χ1v) is 9.99. The van der Waals surface area contributed by atoms with E-state index in [-0.39, 0.29) is 29.7 Å². The molecule has 0 radical (unpaired) electrons. The van der Waals surface area contributed by atoms with Gasteiger partial charge in [-0.1, -0.05) is 29.3 Å². The number of carbonyl (C=O) groups is 2. The molecule has 0 bridgehead atoms. The van der Waals surface area contributed by atoms with Crippen molar-refractivity contribution in [3.8, 4) is 0 Å². The second-order valence-corrected chi connectivity index (χ2v) is 7.96. The molecule has 2 amide bonds. The number of benzene rings is 1. The van der Waals surface area contributed by atoms with Crippen molar-refractivity contribution in [2.45, 2.75) is 44.1 Å². The number of piperidine rings is 1. The molecule has 1 saturated carbocycles. The van der Waals surface area contributed by atoms with Crippen LogP contribution in [0.1, 0.15) is 43.6 Å². The number of amides is 2. The second kappa shape index (κ2) is 8.59. The summed E-state index contributed by atoms with van der Waals surface area (Å²) < 4.78 is 0. The second-order valence-electron chi connectivity index (χ2n) is 7.15. The van der Waals surface area contributed by atoms with Crippen LogP contribution in [-0.4, -0.2) is 42.4 Å². The van der Waals surface area contributed by atoms with Crippen molar-refractivity contribution in [1.29, 1.82) is 0 Å². The maximum absolute atomic E-state index is 13.0. The molecule has 5 nitrogen and oxygen atoms in total. The maximum atomic E-state index is 13.0. The van der Waals surface area contributed by atoms with Gasteiger partial charge in [0.25, 0.3) is 0 Å². The molecule has 7 heteroatoms. The highest BCUT2D eigenvalue weighted by atomic mass is 35.5. The topological polar surface area (TPSA) is 75.4 Å². The van der Waals surface area contributed by atoms with Gasteiger partial charge in [0, 0.05) is 38.0 Å². The fourth-order valence-corrected chi connectivity index (χ4v) is 4.05. The van der Waals surface area contributed by atoms with Crippen molar-refractivity contribution < 1.29 is 9.59 Å². The lowest BCUT2D eigenvalue weighted by atomic mass is 10.0. The van der Waals surface area contributed by atoms with Crippen LogP contribution in [0, 0.1) is 5.92 Å². The number of carbonyl (C=O) groups excluding carboxylic acids is 2. The molecule has 1 heterocycles. The fraction of sp³-hybridized carbons (Fsp3) is 0.579. The molecule has 3 unspecified atom stereocenters. The lowest BCUT2D eigenvalue weighted by molar-refractivity contribution is -0.137. The van der Waals surface area contributed by atoms with Crippen molar-refractivity contribution in [2.75, 3.05) is 19.6 Å². The Hall–Kier alpha value is -1.30. The van der Waals surface area contributed by atoms with Crippen LogP contribution in [0.2, 0.25) is 10.0 Å². The minimum absolute atomic E-state index is 0.00702. The number of halogens is 2. The van der Waals surface area contributed by atoms with Crippen LogP contribution >= 0.6 is 23.2 Å². The van der Waals surface area contributed by atoms with Crippen molar-refractivity contribution in [1.82, 2.24) is 10.2 Å². The average Bonchev–Trinajstić information content (AvgIpc) is 3.43. The number of nitrogens with two attached hydrogens (primary N) is 1. The molecule has 1 saturated heterocycles. The van der Waals surface area contributed by atoms with Crippen LogP contribution in [0.5, 0.6) is 0 Å². The zero-order chi connectivity index (χ0) is 18.7. The van der Waals surface area contributed by atoms with E-state index in [4.69, 9.17) is 28.9 Å². The Morgan fingerprint density at radius 1 is 1.23 bits per heavy atom. The fourth-order valence-electron chi connectivity index (χ4n) is 3.75. The van der Waals surface area contributed by atoms with Crippen molar-refractivity contribution in [3.63, 3.8) is 0 Å². The van der Waals surface area contributed by atoms with Crippen molar-refractivity contribution in [3.05, 3.63) is 33.8 Å². The molecule has 3 rings (SSSR count). The summed E-state index contributed by atoms with van der Waals surface area (Å²) in [6.45, 7) is 1.61. The highest BCUT2D eigenvalue weighted by Crippen LogP contribution is 2.49. The zero-order valence-corrected chi connectivity index (χ0v) is 16.2. The quantitative estimate of drug-likeness (QED) is 0.774. The van der Waals surface area contributed by atoms with E-state index in [1.165, 1.54) is 0 Å². The first-order chi connectivity index (χ1) is 12.5. The Morgan fingerprint density at radius 3 is 2.77 bits per heavy atom. The molecule has 142 valence electrons. The minimum Gasteiger partial charge on any atom is -0.354 e. The van der Waals surface area contributed by atoms with Crippen LogP contribution < -0.4 is 11.1 Å². The number of likely N-dealkylation sites (tertiary alicyclic amines) is 1. The van der Waals surface area contributed by atoms with Crippen LogP contribution in [-0.2, 0) is 9.59 Å². The number of rotatable bonds is 6. The van der Waals surface area contributed by atoms with Gasteiger partial charge < -0.3 is 16.0 Å². The highest BCUT2D eigenvalue weighted by Gasteiger charge is 2.47. The van der Waals surface area contributed by atoms with Gasteiger partial charge in [0.1, 0.15) is 0 Å². The van der Waals surface area contributed by atoms with E-state index >= 15 is 0 Å².